The van der Waals surface area contributed by atoms with E-state index in [4.69, 9.17) is 0 Å². The minimum Gasteiger partial charge on any atom is -0.273 e. The van der Waals surface area contributed by atoms with Crippen LogP contribution in [0.2, 0.25) is 0 Å². The summed E-state index contributed by atoms with van der Waals surface area (Å²) in [4.78, 5) is 13.2. The Bertz CT molecular complexity index is 1100. The van der Waals surface area contributed by atoms with E-state index in [0.717, 1.165) is 29.5 Å². The first-order valence-corrected chi connectivity index (χ1v) is 11.9. The van der Waals surface area contributed by atoms with E-state index in [9.17, 15) is 17.6 Å². The molecule has 8 heteroatoms. The average Bonchev–Trinajstić information content (AvgIpc) is 3.37. The van der Waals surface area contributed by atoms with E-state index in [2.05, 4.69) is 9.82 Å². The second kappa shape index (κ2) is 7.18. The van der Waals surface area contributed by atoms with E-state index in [1.807, 2.05) is 27.7 Å². The highest BCUT2D eigenvalue weighted by Gasteiger charge is 2.39. The van der Waals surface area contributed by atoms with Gasteiger partial charge in [0.2, 0.25) is 5.91 Å². The third kappa shape index (κ3) is 3.77. The molecule has 0 aliphatic heterocycles. The van der Waals surface area contributed by atoms with Crippen molar-refractivity contribution in [1.82, 2.24) is 14.5 Å². The van der Waals surface area contributed by atoms with Gasteiger partial charge >= 0.3 is 0 Å². The van der Waals surface area contributed by atoms with Crippen LogP contribution < -0.4 is 4.72 Å². The summed E-state index contributed by atoms with van der Waals surface area (Å²) in [5, 5.41) is 3.98. The van der Waals surface area contributed by atoms with Crippen molar-refractivity contribution in [1.29, 1.82) is 0 Å². The van der Waals surface area contributed by atoms with Crippen molar-refractivity contribution in [2.24, 2.45) is 0 Å². The van der Waals surface area contributed by atoms with Crippen molar-refractivity contribution >= 4 is 15.9 Å². The summed E-state index contributed by atoms with van der Waals surface area (Å²) in [6.45, 7) is 7.97. The molecule has 0 bridgehead atoms. The number of nitrogens with one attached hydrogen (secondary N) is 1. The predicted molar refractivity (Wildman–Crippen MR) is 111 cm³/mol. The summed E-state index contributed by atoms with van der Waals surface area (Å²) >= 11 is 0. The maximum Gasteiger partial charge on any atom is 0.283 e. The summed E-state index contributed by atoms with van der Waals surface area (Å²) in [6, 6.07) is 4.63. The third-order valence-electron chi connectivity index (χ3n) is 6.27. The fourth-order valence-corrected chi connectivity index (χ4v) is 5.33. The normalized spacial score (nSPS) is 20.8. The van der Waals surface area contributed by atoms with Crippen molar-refractivity contribution < 1.29 is 17.6 Å². The first kappa shape index (κ1) is 21.0. The van der Waals surface area contributed by atoms with Crippen LogP contribution in [0.15, 0.2) is 29.4 Å². The van der Waals surface area contributed by atoms with Gasteiger partial charge in [-0.05, 0) is 71.9 Å². The number of sulfonamides is 1. The number of benzene rings is 1. The Morgan fingerprint density at radius 2 is 1.97 bits per heavy atom. The van der Waals surface area contributed by atoms with Crippen molar-refractivity contribution in [3.63, 3.8) is 0 Å². The smallest absolute Gasteiger partial charge is 0.273 e. The summed E-state index contributed by atoms with van der Waals surface area (Å²) in [5.41, 5.74) is 2.01. The average molecular weight is 434 g/mol. The highest BCUT2D eigenvalue weighted by molar-refractivity contribution is 7.90. The molecule has 1 atom stereocenters. The minimum atomic E-state index is -4.07. The summed E-state index contributed by atoms with van der Waals surface area (Å²) in [6.07, 6.45) is 4.76. The zero-order valence-electron chi connectivity index (χ0n) is 17.8. The predicted octanol–water partition coefficient (Wildman–Crippen LogP) is 4.14. The number of aromatic nitrogens is 2. The molecule has 1 aromatic heterocycles. The molecule has 6 nitrogen and oxygen atoms in total. The second-order valence-electron chi connectivity index (χ2n) is 9.42. The molecule has 0 spiro atoms. The van der Waals surface area contributed by atoms with Crippen LogP contribution in [0, 0.1) is 5.82 Å². The molecule has 1 unspecified atom stereocenters. The van der Waals surface area contributed by atoms with Crippen molar-refractivity contribution in [2.45, 2.75) is 81.7 Å². The van der Waals surface area contributed by atoms with Crippen molar-refractivity contribution in [3.8, 4) is 0 Å². The maximum absolute atomic E-state index is 14.3. The third-order valence-corrected chi connectivity index (χ3v) is 7.50. The Morgan fingerprint density at radius 1 is 1.27 bits per heavy atom. The maximum atomic E-state index is 14.3. The van der Waals surface area contributed by atoms with Crippen molar-refractivity contribution in [3.05, 3.63) is 46.9 Å². The number of carbonyl (C=O) groups excluding carboxylic acids is 1. The molecule has 1 heterocycles. The number of hydrogen-bond donors (Lipinski definition) is 1. The van der Waals surface area contributed by atoms with Crippen LogP contribution in [0.4, 0.5) is 4.39 Å². The van der Waals surface area contributed by atoms with Crippen LogP contribution in [0.5, 0.6) is 0 Å². The molecular formula is C22H28FN3O3S. The number of amides is 1. The molecule has 0 saturated heterocycles. The van der Waals surface area contributed by atoms with E-state index < -0.39 is 21.8 Å². The lowest BCUT2D eigenvalue weighted by Crippen LogP contribution is -2.39. The SMILES string of the molecule is CC(C)c1cc(F)cc2c1C(C(=O)NS(=O)(=O)c1ccn(C3CC3)n1)CCC2(C)C. The number of nitrogens with zero attached hydrogens (tertiary/aromatic N) is 2. The van der Waals surface area contributed by atoms with Gasteiger partial charge in [0, 0.05) is 6.20 Å². The van der Waals surface area contributed by atoms with Gasteiger partial charge in [0.1, 0.15) is 5.82 Å². The largest absolute Gasteiger partial charge is 0.283 e. The van der Waals surface area contributed by atoms with Gasteiger partial charge in [-0.1, -0.05) is 27.7 Å². The van der Waals surface area contributed by atoms with Gasteiger partial charge in [0.05, 0.1) is 12.0 Å². The van der Waals surface area contributed by atoms with E-state index in [0.29, 0.717) is 12.8 Å². The van der Waals surface area contributed by atoms with Crippen LogP contribution in [0.3, 0.4) is 0 Å². The summed E-state index contributed by atoms with van der Waals surface area (Å²) in [5.74, 6) is -1.55. The molecule has 2 aromatic rings. The van der Waals surface area contributed by atoms with Gasteiger partial charge in [-0.25, -0.2) is 9.11 Å². The molecule has 4 rings (SSSR count). The summed E-state index contributed by atoms with van der Waals surface area (Å²) in [7, 11) is -4.07. The molecule has 2 aliphatic rings. The highest BCUT2D eigenvalue weighted by Crippen LogP contribution is 2.46. The molecule has 1 saturated carbocycles. The van der Waals surface area contributed by atoms with Gasteiger partial charge in [-0.2, -0.15) is 13.5 Å². The Hall–Kier alpha value is -2.22. The number of halogens is 1. The van der Waals surface area contributed by atoms with Crippen LogP contribution in [-0.2, 0) is 20.2 Å². The fraction of sp³-hybridized carbons (Fsp3) is 0.545. The first-order chi connectivity index (χ1) is 14.0. The number of fused-ring (bicyclic) bond motifs is 1. The quantitative estimate of drug-likeness (QED) is 0.768. The van der Waals surface area contributed by atoms with Crippen molar-refractivity contribution in [2.75, 3.05) is 0 Å². The molecular weight excluding hydrogens is 405 g/mol. The Labute approximate surface area is 176 Å². The zero-order chi connectivity index (χ0) is 21.8. The number of hydrogen-bond acceptors (Lipinski definition) is 4. The fourth-order valence-electron chi connectivity index (χ4n) is 4.37. The number of rotatable bonds is 5. The van der Waals surface area contributed by atoms with Crippen LogP contribution in [-0.4, -0.2) is 24.1 Å². The molecule has 1 fully saturated rings. The van der Waals surface area contributed by atoms with Gasteiger partial charge in [0.25, 0.3) is 10.0 Å². The van der Waals surface area contributed by atoms with E-state index >= 15 is 0 Å². The molecule has 1 N–H and O–H groups in total. The molecule has 1 aromatic carbocycles. The van der Waals surface area contributed by atoms with Gasteiger partial charge in [0.15, 0.2) is 5.03 Å². The van der Waals surface area contributed by atoms with Gasteiger partial charge in [-0.15, -0.1) is 0 Å². The zero-order valence-corrected chi connectivity index (χ0v) is 18.6. The Kier molecular flexibility index (Phi) is 5.03. The second-order valence-corrected chi connectivity index (χ2v) is 11.1. The van der Waals surface area contributed by atoms with Crippen LogP contribution >= 0.6 is 0 Å². The molecule has 2 aliphatic carbocycles. The first-order valence-electron chi connectivity index (χ1n) is 10.5. The molecule has 0 radical (unpaired) electrons. The minimum absolute atomic E-state index is 0.00416. The van der Waals surface area contributed by atoms with Crippen LogP contribution in [0.25, 0.3) is 0 Å². The van der Waals surface area contributed by atoms with E-state index in [1.165, 1.54) is 18.2 Å². The molecule has 1 amide bonds. The number of carbonyl (C=O) groups is 1. The molecule has 162 valence electrons. The Balaban J connectivity index is 1.68. The lowest BCUT2D eigenvalue weighted by molar-refractivity contribution is -0.121. The van der Waals surface area contributed by atoms with Gasteiger partial charge < -0.3 is 0 Å². The molecule has 30 heavy (non-hydrogen) atoms. The van der Waals surface area contributed by atoms with Crippen LogP contribution in [0.1, 0.15) is 87.9 Å². The topological polar surface area (TPSA) is 81.1 Å². The monoisotopic (exact) mass is 433 g/mol. The highest BCUT2D eigenvalue weighted by atomic mass is 32.2. The standard InChI is InChI=1S/C22H28FN3O3S/c1-13(2)17-11-14(23)12-18-20(17)16(7-9-22(18,3)4)21(27)25-30(28,29)19-8-10-26(24-19)15-5-6-15/h8,10-13,15-16H,5-7,9H2,1-4H3,(H,25,27). The van der Waals surface area contributed by atoms with E-state index in [-0.39, 0.29) is 28.2 Å². The summed E-state index contributed by atoms with van der Waals surface area (Å²) < 4.78 is 43.8. The lowest BCUT2D eigenvalue weighted by atomic mass is 9.66. The Morgan fingerprint density at radius 3 is 2.60 bits per heavy atom. The van der Waals surface area contributed by atoms with Gasteiger partial charge in [-0.3, -0.25) is 9.48 Å². The lowest BCUT2D eigenvalue weighted by Gasteiger charge is -2.38. The van der Waals surface area contributed by atoms with E-state index in [1.54, 1.807) is 10.9 Å².